The molecule has 3 aromatic rings. The van der Waals surface area contributed by atoms with Gasteiger partial charge in [0, 0.05) is 28.9 Å². The van der Waals surface area contributed by atoms with E-state index in [-0.39, 0.29) is 23.4 Å². The lowest BCUT2D eigenvalue weighted by molar-refractivity contribution is 0.0859. The van der Waals surface area contributed by atoms with E-state index in [1.165, 1.54) is 23.5 Å². The van der Waals surface area contributed by atoms with E-state index >= 15 is 0 Å². The summed E-state index contributed by atoms with van der Waals surface area (Å²) < 4.78 is 21.0. The second-order valence-electron chi connectivity index (χ2n) is 6.99. The first-order chi connectivity index (χ1) is 13.5. The lowest BCUT2D eigenvalue weighted by Gasteiger charge is -2.11. The summed E-state index contributed by atoms with van der Waals surface area (Å²) in [5.41, 5.74) is 1.05. The normalized spacial score (nSPS) is 16.6. The van der Waals surface area contributed by atoms with E-state index in [2.05, 4.69) is 5.32 Å². The van der Waals surface area contributed by atoms with Crippen molar-refractivity contribution in [3.8, 4) is 0 Å². The van der Waals surface area contributed by atoms with Gasteiger partial charge in [0.25, 0.3) is 11.5 Å². The maximum absolute atomic E-state index is 13.1. The number of halogens is 1. The fraction of sp³-hybridized carbons (Fsp3) is 0.333. The first-order valence-electron chi connectivity index (χ1n) is 9.29. The molecule has 3 heterocycles. The number of carbonyl (C=O) groups is 1. The van der Waals surface area contributed by atoms with Gasteiger partial charge in [0.15, 0.2) is 0 Å². The summed E-state index contributed by atoms with van der Waals surface area (Å²) in [5.74, 6) is -0.555. The minimum Gasteiger partial charge on any atom is -0.376 e. The van der Waals surface area contributed by atoms with E-state index < -0.39 is 0 Å². The molecule has 1 aromatic carbocycles. The molecule has 1 N–H and O–H groups in total. The van der Waals surface area contributed by atoms with Gasteiger partial charge in [-0.1, -0.05) is 12.1 Å². The molecule has 7 heteroatoms. The number of thiophene rings is 1. The van der Waals surface area contributed by atoms with Crippen LogP contribution in [-0.2, 0) is 11.3 Å². The zero-order valence-electron chi connectivity index (χ0n) is 15.5. The van der Waals surface area contributed by atoms with Crippen molar-refractivity contribution in [2.45, 2.75) is 32.4 Å². The van der Waals surface area contributed by atoms with Crippen LogP contribution in [0.25, 0.3) is 10.1 Å². The number of fused-ring (bicyclic) bond motifs is 1. The third kappa shape index (κ3) is 3.72. The van der Waals surface area contributed by atoms with Crippen LogP contribution in [0.3, 0.4) is 0 Å². The van der Waals surface area contributed by atoms with Gasteiger partial charge in [-0.25, -0.2) is 4.39 Å². The van der Waals surface area contributed by atoms with E-state index in [1.807, 2.05) is 13.0 Å². The van der Waals surface area contributed by atoms with Crippen LogP contribution in [0.1, 0.15) is 33.6 Å². The molecule has 0 saturated carbocycles. The molecule has 1 fully saturated rings. The predicted molar refractivity (Wildman–Crippen MR) is 108 cm³/mol. The van der Waals surface area contributed by atoms with Crippen molar-refractivity contribution in [3.05, 3.63) is 68.7 Å². The van der Waals surface area contributed by atoms with E-state index in [4.69, 9.17) is 4.74 Å². The number of aromatic nitrogens is 1. The second-order valence-corrected chi connectivity index (χ2v) is 8.25. The molecule has 4 rings (SSSR count). The average Bonchev–Trinajstić information content (AvgIpc) is 3.31. The number of carbonyl (C=O) groups excluding carboxylic acids is 1. The van der Waals surface area contributed by atoms with Crippen LogP contribution < -0.4 is 10.9 Å². The Balaban J connectivity index is 1.64. The Bertz CT molecular complexity index is 1070. The molecule has 1 atom stereocenters. The lowest BCUT2D eigenvalue weighted by Crippen LogP contribution is -2.32. The number of rotatable bonds is 5. The summed E-state index contributed by atoms with van der Waals surface area (Å²) in [4.78, 5) is 26.7. The molecular formula is C21H21FN2O3S. The van der Waals surface area contributed by atoms with Crippen LogP contribution in [0, 0.1) is 12.7 Å². The Labute approximate surface area is 165 Å². The monoisotopic (exact) mass is 400 g/mol. The fourth-order valence-corrected chi connectivity index (χ4v) is 4.60. The molecule has 1 amide bonds. The Kier molecular flexibility index (Phi) is 5.28. The van der Waals surface area contributed by atoms with Crippen molar-refractivity contribution in [2.75, 3.05) is 13.2 Å². The molecule has 0 bridgehead atoms. The molecule has 1 saturated heterocycles. The summed E-state index contributed by atoms with van der Waals surface area (Å²) in [6.07, 6.45) is 3.71. The maximum Gasteiger partial charge on any atom is 0.260 e. The Morgan fingerprint density at radius 3 is 2.82 bits per heavy atom. The zero-order chi connectivity index (χ0) is 19.7. The molecule has 0 spiro atoms. The van der Waals surface area contributed by atoms with Crippen LogP contribution in [-0.4, -0.2) is 29.7 Å². The van der Waals surface area contributed by atoms with Gasteiger partial charge in [-0.2, -0.15) is 0 Å². The van der Waals surface area contributed by atoms with Crippen LogP contribution in [0.5, 0.6) is 0 Å². The number of amides is 1. The van der Waals surface area contributed by atoms with E-state index in [0.717, 1.165) is 34.6 Å². The van der Waals surface area contributed by atoms with Gasteiger partial charge in [-0.3, -0.25) is 9.59 Å². The van der Waals surface area contributed by atoms with Gasteiger partial charge in [0.1, 0.15) is 5.82 Å². The van der Waals surface area contributed by atoms with Gasteiger partial charge in [-0.15, -0.1) is 11.3 Å². The summed E-state index contributed by atoms with van der Waals surface area (Å²) in [6.45, 7) is 3.36. The van der Waals surface area contributed by atoms with Crippen LogP contribution in [0.2, 0.25) is 0 Å². The molecule has 1 aliphatic rings. The Morgan fingerprint density at radius 2 is 2.11 bits per heavy atom. The van der Waals surface area contributed by atoms with Crippen molar-refractivity contribution in [3.63, 3.8) is 0 Å². The number of pyridine rings is 1. The zero-order valence-corrected chi connectivity index (χ0v) is 16.4. The largest absolute Gasteiger partial charge is 0.376 e. The highest BCUT2D eigenvalue weighted by molar-refractivity contribution is 7.19. The van der Waals surface area contributed by atoms with Gasteiger partial charge in [-0.05, 0) is 43.5 Å². The molecule has 5 nitrogen and oxygen atoms in total. The summed E-state index contributed by atoms with van der Waals surface area (Å²) in [7, 11) is 0. The highest BCUT2D eigenvalue weighted by atomic mass is 32.1. The van der Waals surface area contributed by atoms with Gasteiger partial charge >= 0.3 is 0 Å². The smallest absolute Gasteiger partial charge is 0.260 e. The van der Waals surface area contributed by atoms with Crippen molar-refractivity contribution < 1.29 is 13.9 Å². The minimum absolute atomic E-state index is 0.0456. The molecule has 146 valence electrons. The number of nitrogens with one attached hydrogen (secondary N) is 1. The van der Waals surface area contributed by atoms with Crippen molar-refractivity contribution in [2.24, 2.45) is 0 Å². The molecule has 28 heavy (non-hydrogen) atoms. The highest BCUT2D eigenvalue weighted by Gasteiger charge is 2.22. The van der Waals surface area contributed by atoms with Gasteiger partial charge in [0.05, 0.1) is 23.6 Å². The Morgan fingerprint density at radius 1 is 1.32 bits per heavy atom. The average molecular weight is 400 g/mol. The topological polar surface area (TPSA) is 60.3 Å². The molecule has 0 radical (unpaired) electrons. The minimum atomic E-state index is -0.315. The summed E-state index contributed by atoms with van der Waals surface area (Å²) in [6, 6.07) is 7.91. The standard InChI is InChI=1S/C21H21FN2O3S/c1-13-18(20(25)23-11-16-3-2-10-27-16)19-17(28-13)8-9-24(21(19)26)12-14-4-6-15(22)7-5-14/h4-9,16H,2-3,10-12H2,1H3,(H,23,25). The maximum atomic E-state index is 13.1. The summed E-state index contributed by atoms with van der Waals surface area (Å²) in [5, 5.41) is 3.36. The second kappa shape index (κ2) is 7.85. The number of nitrogens with zero attached hydrogens (tertiary/aromatic N) is 1. The molecule has 2 aromatic heterocycles. The molecule has 1 unspecified atom stereocenters. The van der Waals surface area contributed by atoms with E-state index in [1.54, 1.807) is 22.9 Å². The number of ether oxygens (including phenoxy) is 1. The van der Waals surface area contributed by atoms with Crippen molar-refractivity contribution >= 4 is 27.3 Å². The Hall–Kier alpha value is -2.51. The molecule has 0 aliphatic carbocycles. The quantitative estimate of drug-likeness (QED) is 0.713. The van der Waals surface area contributed by atoms with E-state index in [9.17, 15) is 14.0 Å². The van der Waals surface area contributed by atoms with E-state index in [0.29, 0.717) is 24.0 Å². The fourth-order valence-electron chi connectivity index (χ4n) is 3.55. The number of benzene rings is 1. The third-order valence-corrected chi connectivity index (χ3v) is 6.07. The first-order valence-corrected chi connectivity index (χ1v) is 10.1. The van der Waals surface area contributed by atoms with Crippen LogP contribution in [0.15, 0.2) is 41.3 Å². The number of hydrogen-bond acceptors (Lipinski definition) is 4. The number of hydrogen-bond donors (Lipinski definition) is 1. The molecule has 1 aliphatic heterocycles. The molecular weight excluding hydrogens is 379 g/mol. The van der Waals surface area contributed by atoms with Crippen molar-refractivity contribution in [1.82, 2.24) is 9.88 Å². The highest BCUT2D eigenvalue weighted by Crippen LogP contribution is 2.28. The van der Waals surface area contributed by atoms with Crippen LogP contribution in [0.4, 0.5) is 4.39 Å². The SMILES string of the molecule is Cc1sc2ccn(Cc3ccc(F)cc3)c(=O)c2c1C(=O)NCC1CCCO1. The summed E-state index contributed by atoms with van der Waals surface area (Å²) >= 11 is 1.44. The third-order valence-electron chi connectivity index (χ3n) is 5.00. The first kappa shape index (κ1) is 18.8. The lowest BCUT2D eigenvalue weighted by atomic mass is 10.1. The number of aryl methyl sites for hydroxylation is 1. The van der Waals surface area contributed by atoms with Crippen LogP contribution >= 0.6 is 11.3 Å². The van der Waals surface area contributed by atoms with Crippen molar-refractivity contribution in [1.29, 1.82) is 0 Å². The van der Waals surface area contributed by atoms with Gasteiger partial charge < -0.3 is 14.6 Å². The van der Waals surface area contributed by atoms with Gasteiger partial charge in [0.2, 0.25) is 0 Å². The predicted octanol–water partition coefficient (Wildman–Crippen LogP) is 3.47.